The minimum atomic E-state index is -0.473. The Hall–Kier alpha value is -2.24. The number of carbonyl (C=O) groups is 1. The monoisotopic (exact) mass is 348 g/mol. The fourth-order valence-corrected chi connectivity index (χ4v) is 2.63. The van der Waals surface area contributed by atoms with Crippen LogP contribution in [0.3, 0.4) is 0 Å². The highest BCUT2D eigenvalue weighted by Gasteiger charge is 2.16. The maximum atomic E-state index is 11.6. The second kappa shape index (κ2) is 8.23. The molecule has 0 bridgehead atoms. The summed E-state index contributed by atoms with van der Waals surface area (Å²) >= 11 is 0. The molecule has 1 heterocycles. The second-order valence-electron chi connectivity index (χ2n) is 6.97. The van der Waals surface area contributed by atoms with Gasteiger partial charge in [0.2, 0.25) is 6.33 Å². The van der Waals surface area contributed by atoms with Crippen molar-refractivity contribution in [3.63, 3.8) is 0 Å². The fourth-order valence-electron chi connectivity index (χ4n) is 2.63. The number of alkyl carbamates (subject to hydrolysis) is 1. The zero-order valence-corrected chi connectivity index (χ0v) is 16.0. The molecule has 0 radical (unpaired) electrons. The summed E-state index contributed by atoms with van der Waals surface area (Å²) in [5.41, 5.74) is 1.91. The van der Waals surface area contributed by atoms with Crippen molar-refractivity contribution in [3.8, 4) is 5.75 Å². The van der Waals surface area contributed by atoms with Crippen LogP contribution in [0.15, 0.2) is 24.5 Å². The Morgan fingerprint density at radius 1 is 1.28 bits per heavy atom. The first kappa shape index (κ1) is 19.1. The number of ether oxygens (including phenoxy) is 2. The number of aryl methyl sites for hydroxylation is 2. The minimum Gasteiger partial charge on any atom is -0.493 e. The van der Waals surface area contributed by atoms with Gasteiger partial charge in [-0.1, -0.05) is 0 Å². The normalized spacial score (nSPS) is 11.6. The standard InChI is InChI=1S/C19H29N3O3/c1-6-21-14-22(7-2)17-13-15(9-10-16(17)21)24-12-8-11-20-18(23)25-19(3,4)5/h9-10,13-14H,6-8,11-12H2,1-5H3/p+1. The first-order chi connectivity index (χ1) is 11.8. The summed E-state index contributed by atoms with van der Waals surface area (Å²) < 4.78 is 15.5. The molecule has 1 aromatic heterocycles. The molecule has 0 aliphatic rings. The second-order valence-corrected chi connectivity index (χ2v) is 6.97. The number of nitrogens with zero attached hydrogens (tertiary/aromatic N) is 2. The van der Waals surface area contributed by atoms with Crippen LogP contribution in [-0.4, -0.2) is 29.4 Å². The van der Waals surface area contributed by atoms with Gasteiger partial charge in [-0.05, 0) is 53.2 Å². The molecule has 0 spiro atoms. The van der Waals surface area contributed by atoms with E-state index in [9.17, 15) is 4.79 Å². The summed E-state index contributed by atoms with van der Waals surface area (Å²) in [6, 6.07) is 6.17. The van der Waals surface area contributed by atoms with E-state index in [-0.39, 0.29) is 6.09 Å². The van der Waals surface area contributed by atoms with E-state index in [1.807, 2.05) is 26.8 Å². The third-order valence-electron chi connectivity index (χ3n) is 3.78. The predicted molar refractivity (Wildman–Crippen MR) is 97.8 cm³/mol. The van der Waals surface area contributed by atoms with Crippen molar-refractivity contribution >= 4 is 17.1 Å². The van der Waals surface area contributed by atoms with Crippen molar-refractivity contribution in [3.05, 3.63) is 24.5 Å². The van der Waals surface area contributed by atoms with Crippen molar-refractivity contribution in [2.75, 3.05) is 13.2 Å². The van der Waals surface area contributed by atoms with E-state index in [0.29, 0.717) is 13.2 Å². The molecule has 0 saturated heterocycles. The Balaban J connectivity index is 1.84. The van der Waals surface area contributed by atoms with Crippen LogP contribution >= 0.6 is 0 Å². The fraction of sp³-hybridized carbons (Fsp3) is 0.579. The summed E-state index contributed by atoms with van der Waals surface area (Å²) in [7, 11) is 0. The maximum Gasteiger partial charge on any atom is 0.407 e. The average Bonchev–Trinajstić information content (AvgIpc) is 2.90. The lowest BCUT2D eigenvalue weighted by Crippen LogP contribution is -2.33. The van der Waals surface area contributed by atoms with E-state index in [0.717, 1.165) is 25.3 Å². The third-order valence-corrected chi connectivity index (χ3v) is 3.78. The summed E-state index contributed by atoms with van der Waals surface area (Å²) in [5, 5.41) is 2.74. The average molecular weight is 348 g/mol. The van der Waals surface area contributed by atoms with Gasteiger partial charge in [0.25, 0.3) is 0 Å². The maximum absolute atomic E-state index is 11.6. The molecule has 6 heteroatoms. The molecule has 6 nitrogen and oxygen atoms in total. The van der Waals surface area contributed by atoms with Crippen LogP contribution in [0.1, 0.15) is 41.0 Å². The van der Waals surface area contributed by atoms with Gasteiger partial charge in [-0.3, -0.25) is 0 Å². The first-order valence-electron chi connectivity index (χ1n) is 8.96. The number of hydrogen-bond donors (Lipinski definition) is 1. The molecule has 0 aliphatic heterocycles. The van der Waals surface area contributed by atoms with E-state index in [1.165, 1.54) is 11.0 Å². The summed E-state index contributed by atoms with van der Waals surface area (Å²) in [6.07, 6.45) is 2.47. The van der Waals surface area contributed by atoms with Gasteiger partial charge >= 0.3 is 6.09 Å². The Labute approximate surface area is 149 Å². The smallest absolute Gasteiger partial charge is 0.407 e. The SMILES string of the molecule is CCn1c[n+](CC)c2ccc(OCCCNC(=O)OC(C)(C)C)cc21. The van der Waals surface area contributed by atoms with Crippen LogP contribution < -0.4 is 14.6 Å². The number of benzene rings is 1. The minimum absolute atomic E-state index is 0.390. The summed E-state index contributed by atoms with van der Waals surface area (Å²) in [5.74, 6) is 0.848. The number of nitrogens with one attached hydrogen (secondary N) is 1. The van der Waals surface area contributed by atoms with Crippen LogP contribution in [-0.2, 0) is 17.8 Å². The first-order valence-corrected chi connectivity index (χ1v) is 8.96. The molecule has 0 unspecified atom stereocenters. The van der Waals surface area contributed by atoms with Crippen molar-refractivity contribution < 1.29 is 18.8 Å². The van der Waals surface area contributed by atoms with Crippen molar-refractivity contribution in [1.82, 2.24) is 9.88 Å². The highest BCUT2D eigenvalue weighted by Crippen LogP contribution is 2.19. The molecule has 2 rings (SSSR count). The number of carbonyl (C=O) groups excluding carboxylic acids is 1. The zero-order chi connectivity index (χ0) is 18.4. The van der Waals surface area contributed by atoms with E-state index >= 15 is 0 Å². The highest BCUT2D eigenvalue weighted by molar-refractivity contribution is 5.73. The predicted octanol–water partition coefficient (Wildman–Crippen LogP) is 3.26. The Morgan fingerprint density at radius 2 is 2.04 bits per heavy atom. The Bertz CT molecular complexity index is 717. The molecule has 1 amide bonds. The number of imidazole rings is 1. The molecule has 138 valence electrons. The van der Waals surface area contributed by atoms with Crippen LogP contribution in [0.5, 0.6) is 5.75 Å². The molecule has 25 heavy (non-hydrogen) atoms. The number of rotatable bonds is 7. The number of fused-ring (bicyclic) bond motifs is 1. The van der Waals surface area contributed by atoms with Crippen LogP contribution in [0.2, 0.25) is 0 Å². The summed E-state index contributed by atoms with van der Waals surface area (Å²) in [4.78, 5) is 11.6. The van der Waals surface area contributed by atoms with Gasteiger partial charge in [-0.25, -0.2) is 13.9 Å². The molecular weight excluding hydrogens is 318 g/mol. The van der Waals surface area contributed by atoms with Crippen molar-refractivity contribution in [2.45, 2.75) is 59.7 Å². The van der Waals surface area contributed by atoms with Gasteiger partial charge in [-0.15, -0.1) is 0 Å². The lowest BCUT2D eigenvalue weighted by Gasteiger charge is -2.19. The number of aromatic nitrogens is 2. The molecule has 0 aliphatic carbocycles. The molecule has 1 aromatic carbocycles. The third kappa shape index (κ3) is 5.37. The Morgan fingerprint density at radius 3 is 2.68 bits per heavy atom. The number of amides is 1. The summed E-state index contributed by atoms with van der Waals surface area (Å²) in [6.45, 7) is 12.8. The van der Waals surface area contributed by atoms with Gasteiger partial charge < -0.3 is 14.8 Å². The van der Waals surface area contributed by atoms with Gasteiger partial charge in [-0.2, -0.15) is 0 Å². The van der Waals surface area contributed by atoms with E-state index in [4.69, 9.17) is 9.47 Å². The van der Waals surface area contributed by atoms with Crippen LogP contribution in [0.4, 0.5) is 4.79 Å². The molecular formula is C19H30N3O3+. The van der Waals surface area contributed by atoms with Crippen molar-refractivity contribution in [2.24, 2.45) is 0 Å². The van der Waals surface area contributed by atoms with E-state index in [1.54, 1.807) is 0 Å². The van der Waals surface area contributed by atoms with E-state index < -0.39 is 5.60 Å². The van der Waals surface area contributed by atoms with Gasteiger partial charge in [0.05, 0.1) is 19.7 Å². The van der Waals surface area contributed by atoms with Gasteiger partial charge in [0, 0.05) is 12.6 Å². The lowest BCUT2D eigenvalue weighted by molar-refractivity contribution is -0.668. The lowest BCUT2D eigenvalue weighted by atomic mass is 10.2. The largest absolute Gasteiger partial charge is 0.493 e. The Kier molecular flexibility index (Phi) is 6.28. The van der Waals surface area contributed by atoms with E-state index in [2.05, 4.69) is 46.8 Å². The quantitative estimate of drug-likeness (QED) is 0.617. The zero-order valence-electron chi connectivity index (χ0n) is 16.0. The van der Waals surface area contributed by atoms with Gasteiger partial charge in [0.15, 0.2) is 11.0 Å². The topological polar surface area (TPSA) is 56.4 Å². The number of hydrogen-bond acceptors (Lipinski definition) is 3. The molecule has 0 saturated carbocycles. The van der Waals surface area contributed by atoms with Crippen LogP contribution in [0.25, 0.3) is 11.0 Å². The molecule has 0 atom stereocenters. The van der Waals surface area contributed by atoms with Crippen LogP contribution in [0, 0.1) is 0 Å². The highest BCUT2D eigenvalue weighted by atomic mass is 16.6. The molecule has 0 fully saturated rings. The molecule has 2 aromatic rings. The van der Waals surface area contributed by atoms with Gasteiger partial charge in [0.1, 0.15) is 11.4 Å². The molecule has 1 N–H and O–H groups in total. The van der Waals surface area contributed by atoms with Crippen molar-refractivity contribution in [1.29, 1.82) is 0 Å².